The van der Waals surface area contributed by atoms with Crippen molar-refractivity contribution in [2.24, 2.45) is 11.3 Å². The summed E-state index contributed by atoms with van der Waals surface area (Å²) in [4.78, 5) is 11.9. The second-order valence-corrected chi connectivity index (χ2v) is 5.16. The summed E-state index contributed by atoms with van der Waals surface area (Å²) in [6.45, 7) is 8.80. The van der Waals surface area contributed by atoms with E-state index >= 15 is 0 Å². The maximum atomic E-state index is 11.9. The van der Waals surface area contributed by atoms with Crippen LogP contribution in [0.5, 0.6) is 0 Å². The van der Waals surface area contributed by atoms with Gasteiger partial charge in [-0.1, -0.05) is 32.8 Å². The molecule has 2 heteroatoms. The maximum absolute atomic E-state index is 11.9. The molecule has 1 aliphatic carbocycles. The molecule has 1 N–H and O–H groups in total. The molecule has 1 atom stereocenters. The Morgan fingerprint density at radius 3 is 2.87 bits per heavy atom. The zero-order chi connectivity index (χ0) is 11.3. The summed E-state index contributed by atoms with van der Waals surface area (Å²) in [6, 6.07) is 0. The summed E-state index contributed by atoms with van der Waals surface area (Å²) in [7, 11) is 0. The van der Waals surface area contributed by atoms with Crippen LogP contribution in [0, 0.1) is 11.3 Å². The van der Waals surface area contributed by atoms with E-state index in [4.69, 9.17) is 0 Å². The van der Waals surface area contributed by atoms with Gasteiger partial charge in [0, 0.05) is 12.5 Å². The second-order valence-electron chi connectivity index (χ2n) is 5.16. The molecule has 0 heterocycles. The first-order valence-corrected chi connectivity index (χ1v) is 5.96. The molecule has 1 aliphatic rings. The molecule has 0 radical (unpaired) electrons. The molecule has 2 nitrogen and oxygen atoms in total. The molecule has 0 saturated heterocycles. The van der Waals surface area contributed by atoms with Crippen LogP contribution in [0.1, 0.15) is 46.0 Å². The fourth-order valence-corrected chi connectivity index (χ4v) is 2.40. The van der Waals surface area contributed by atoms with E-state index in [-0.39, 0.29) is 17.2 Å². The van der Waals surface area contributed by atoms with Crippen molar-refractivity contribution >= 4 is 5.91 Å². The Balaban J connectivity index is 2.45. The Kier molecular flexibility index (Phi) is 4.37. The van der Waals surface area contributed by atoms with Gasteiger partial charge in [0.1, 0.15) is 0 Å². The van der Waals surface area contributed by atoms with Gasteiger partial charge in [-0.2, -0.15) is 0 Å². The fraction of sp³-hybridized carbons (Fsp3) is 0.769. The van der Waals surface area contributed by atoms with Gasteiger partial charge < -0.3 is 5.32 Å². The number of hydrogen-bond acceptors (Lipinski definition) is 1. The molecule has 0 aliphatic heterocycles. The van der Waals surface area contributed by atoms with E-state index in [2.05, 4.69) is 25.7 Å². The molecule has 0 bridgehead atoms. The van der Waals surface area contributed by atoms with Crippen molar-refractivity contribution in [3.8, 4) is 0 Å². The molecular weight excluding hydrogens is 186 g/mol. The van der Waals surface area contributed by atoms with Crippen molar-refractivity contribution in [1.29, 1.82) is 0 Å². The minimum atomic E-state index is 0.177. The predicted molar refractivity (Wildman–Crippen MR) is 63.6 cm³/mol. The number of rotatable bonds is 4. The van der Waals surface area contributed by atoms with Crippen LogP contribution in [-0.4, -0.2) is 12.5 Å². The van der Waals surface area contributed by atoms with Gasteiger partial charge in [0.05, 0.1) is 0 Å². The Morgan fingerprint density at radius 2 is 2.27 bits per heavy atom. The van der Waals surface area contributed by atoms with Gasteiger partial charge in [-0.15, -0.1) is 6.58 Å². The van der Waals surface area contributed by atoms with E-state index in [1.165, 1.54) is 19.3 Å². The lowest BCUT2D eigenvalue weighted by atomic mass is 9.68. The summed E-state index contributed by atoms with van der Waals surface area (Å²) in [5.41, 5.74) is 0.177. The quantitative estimate of drug-likeness (QED) is 0.560. The van der Waals surface area contributed by atoms with Gasteiger partial charge in [0.2, 0.25) is 5.91 Å². The van der Waals surface area contributed by atoms with Crippen molar-refractivity contribution in [1.82, 2.24) is 5.32 Å². The van der Waals surface area contributed by atoms with Crippen LogP contribution >= 0.6 is 0 Å². The molecule has 15 heavy (non-hydrogen) atoms. The van der Waals surface area contributed by atoms with Crippen molar-refractivity contribution in [3.05, 3.63) is 12.7 Å². The molecule has 0 aromatic rings. The molecule has 1 unspecified atom stereocenters. The van der Waals surface area contributed by atoms with E-state index in [9.17, 15) is 4.79 Å². The molecule has 1 rings (SSSR count). The Labute approximate surface area is 93.1 Å². The highest BCUT2D eigenvalue weighted by molar-refractivity contribution is 5.79. The van der Waals surface area contributed by atoms with E-state index in [0.717, 1.165) is 19.4 Å². The number of carbonyl (C=O) groups is 1. The lowest BCUT2D eigenvalue weighted by Gasteiger charge is -2.37. The largest absolute Gasteiger partial charge is 0.356 e. The average Bonchev–Trinajstić information content (AvgIpc) is 2.17. The summed E-state index contributed by atoms with van der Waals surface area (Å²) in [5.74, 6) is 0.442. The van der Waals surface area contributed by atoms with E-state index in [1.807, 2.05) is 6.08 Å². The molecule has 0 aromatic carbocycles. The number of amides is 1. The summed E-state index contributed by atoms with van der Waals surface area (Å²) >= 11 is 0. The highest BCUT2D eigenvalue weighted by atomic mass is 16.1. The third-order valence-corrected chi connectivity index (χ3v) is 3.47. The third kappa shape index (κ3) is 3.37. The molecule has 1 amide bonds. The van der Waals surface area contributed by atoms with Gasteiger partial charge in [-0.25, -0.2) is 0 Å². The number of carbonyl (C=O) groups excluding carboxylic acids is 1. The van der Waals surface area contributed by atoms with Gasteiger partial charge in [-0.3, -0.25) is 4.79 Å². The van der Waals surface area contributed by atoms with Gasteiger partial charge in [0.15, 0.2) is 0 Å². The summed E-state index contributed by atoms with van der Waals surface area (Å²) in [6.07, 6.45) is 7.39. The fourth-order valence-electron chi connectivity index (χ4n) is 2.40. The monoisotopic (exact) mass is 209 g/mol. The maximum Gasteiger partial charge on any atom is 0.223 e. The zero-order valence-corrected chi connectivity index (χ0v) is 10.0. The first-order chi connectivity index (χ1) is 7.08. The van der Waals surface area contributed by atoms with Crippen LogP contribution in [0.25, 0.3) is 0 Å². The minimum absolute atomic E-state index is 0.177. The zero-order valence-electron chi connectivity index (χ0n) is 10.0. The van der Waals surface area contributed by atoms with E-state index in [1.54, 1.807) is 0 Å². The van der Waals surface area contributed by atoms with Crippen LogP contribution in [-0.2, 0) is 4.79 Å². The summed E-state index contributed by atoms with van der Waals surface area (Å²) < 4.78 is 0. The Bertz CT molecular complexity index is 233. The number of nitrogens with one attached hydrogen (secondary N) is 1. The normalized spacial score (nSPS) is 24.5. The third-order valence-electron chi connectivity index (χ3n) is 3.47. The first-order valence-electron chi connectivity index (χ1n) is 5.96. The van der Waals surface area contributed by atoms with Crippen molar-refractivity contribution in [2.75, 3.05) is 6.54 Å². The Morgan fingerprint density at radius 1 is 1.53 bits per heavy atom. The smallest absolute Gasteiger partial charge is 0.223 e. The summed E-state index contributed by atoms with van der Waals surface area (Å²) in [5, 5.41) is 3.00. The standard InChI is InChI=1S/C13H23NO/c1-4-5-10-14-12(15)11-8-6-7-9-13(11,2)3/h4,11H,1,5-10H2,2-3H3,(H,14,15). The van der Waals surface area contributed by atoms with Crippen LogP contribution in [0.15, 0.2) is 12.7 Å². The van der Waals surface area contributed by atoms with Gasteiger partial charge in [0.25, 0.3) is 0 Å². The van der Waals surface area contributed by atoms with Crippen LogP contribution < -0.4 is 5.32 Å². The van der Waals surface area contributed by atoms with Crippen LogP contribution in [0.3, 0.4) is 0 Å². The second kappa shape index (κ2) is 5.34. The van der Waals surface area contributed by atoms with Gasteiger partial charge >= 0.3 is 0 Å². The molecule has 86 valence electrons. The van der Waals surface area contributed by atoms with Crippen molar-refractivity contribution < 1.29 is 4.79 Å². The van der Waals surface area contributed by atoms with Crippen LogP contribution in [0.2, 0.25) is 0 Å². The minimum Gasteiger partial charge on any atom is -0.356 e. The van der Waals surface area contributed by atoms with E-state index in [0.29, 0.717) is 0 Å². The van der Waals surface area contributed by atoms with Gasteiger partial charge in [-0.05, 0) is 24.7 Å². The van der Waals surface area contributed by atoms with Crippen molar-refractivity contribution in [2.45, 2.75) is 46.0 Å². The molecule has 1 fully saturated rings. The lowest BCUT2D eigenvalue weighted by molar-refractivity contribution is -0.130. The molecule has 0 aromatic heterocycles. The SMILES string of the molecule is C=CCCNC(=O)C1CCCCC1(C)C. The highest BCUT2D eigenvalue weighted by Crippen LogP contribution is 2.40. The predicted octanol–water partition coefficient (Wildman–Crippen LogP) is 2.90. The average molecular weight is 209 g/mol. The van der Waals surface area contributed by atoms with Crippen LogP contribution in [0.4, 0.5) is 0 Å². The molecule has 1 saturated carbocycles. The highest BCUT2D eigenvalue weighted by Gasteiger charge is 2.36. The van der Waals surface area contributed by atoms with Crippen molar-refractivity contribution in [3.63, 3.8) is 0 Å². The lowest BCUT2D eigenvalue weighted by Crippen LogP contribution is -2.41. The van der Waals surface area contributed by atoms with E-state index < -0.39 is 0 Å². The first kappa shape index (κ1) is 12.3. The number of hydrogen-bond donors (Lipinski definition) is 1. The molecular formula is C13H23NO. The topological polar surface area (TPSA) is 29.1 Å². The Hall–Kier alpha value is -0.790. The molecule has 0 spiro atoms.